The van der Waals surface area contributed by atoms with E-state index in [1.54, 1.807) is 36.4 Å². The summed E-state index contributed by atoms with van der Waals surface area (Å²) in [4.78, 5) is 38.3. The van der Waals surface area contributed by atoms with Crippen molar-refractivity contribution in [2.75, 3.05) is 13.6 Å². The van der Waals surface area contributed by atoms with Crippen LogP contribution in [0.1, 0.15) is 47.8 Å². The SMILES string of the molecule is Cc1cc(C(=O)N(C)Cl)cc(C)c1C[C@H](N)CN1C(=O)c2ccccc2C1=O. The number of imide groups is 1. The molecular weight excluding hydrogens is 378 g/mol. The molecule has 2 aromatic carbocycles. The maximum Gasteiger partial charge on any atom is 0.267 e. The molecule has 1 aliphatic rings. The van der Waals surface area contributed by atoms with Crippen molar-refractivity contribution in [3.8, 4) is 0 Å². The van der Waals surface area contributed by atoms with Gasteiger partial charge in [0.2, 0.25) is 0 Å². The predicted octanol–water partition coefficient (Wildman–Crippen LogP) is 2.70. The molecule has 0 saturated heterocycles. The van der Waals surface area contributed by atoms with Gasteiger partial charge in [0.05, 0.1) is 11.1 Å². The second-order valence-corrected chi connectivity index (χ2v) is 7.61. The third-order valence-electron chi connectivity index (χ3n) is 4.98. The van der Waals surface area contributed by atoms with Crippen molar-refractivity contribution in [2.24, 2.45) is 5.73 Å². The van der Waals surface area contributed by atoms with Gasteiger partial charge in [-0.2, -0.15) is 0 Å². The van der Waals surface area contributed by atoms with Crippen LogP contribution in [-0.2, 0) is 6.42 Å². The Labute approximate surface area is 169 Å². The van der Waals surface area contributed by atoms with E-state index < -0.39 is 6.04 Å². The van der Waals surface area contributed by atoms with E-state index in [9.17, 15) is 14.4 Å². The molecule has 1 heterocycles. The van der Waals surface area contributed by atoms with Crippen molar-refractivity contribution in [1.82, 2.24) is 9.32 Å². The summed E-state index contributed by atoms with van der Waals surface area (Å²) in [5, 5.41) is 0. The van der Waals surface area contributed by atoms with Crippen molar-refractivity contribution in [3.05, 3.63) is 69.8 Å². The number of fused-ring (bicyclic) bond motifs is 1. The Balaban J connectivity index is 1.76. The molecule has 7 heteroatoms. The van der Waals surface area contributed by atoms with Crippen LogP contribution in [0.15, 0.2) is 36.4 Å². The second kappa shape index (κ2) is 7.73. The molecule has 28 heavy (non-hydrogen) atoms. The first-order valence-electron chi connectivity index (χ1n) is 8.95. The highest BCUT2D eigenvalue weighted by Gasteiger charge is 2.35. The fourth-order valence-corrected chi connectivity index (χ4v) is 3.68. The Morgan fingerprint density at radius 3 is 2.07 bits per heavy atom. The molecule has 6 nitrogen and oxygen atoms in total. The number of hydrogen-bond acceptors (Lipinski definition) is 4. The lowest BCUT2D eigenvalue weighted by atomic mass is 9.94. The fraction of sp³-hybridized carbons (Fsp3) is 0.286. The molecule has 0 saturated carbocycles. The van der Waals surface area contributed by atoms with Gasteiger partial charge in [0.1, 0.15) is 0 Å². The van der Waals surface area contributed by atoms with E-state index in [0.29, 0.717) is 23.1 Å². The molecule has 0 spiro atoms. The minimum Gasteiger partial charge on any atom is -0.326 e. The average molecular weight is 400 g/mol. The lowest BCUT2D eigenvalue weighted by molar-refractivity contribution is 0.0644. The zero-order valence-electron chi connectivity index (χ0n) is 16.0. The molecule has 2 aromatic rings. The molecule has 3 amide bonds. The Hall–Kier alpha value is -2.70. The van der Waals surface area contributed by atoms with E-state index in [0.717, 1.165) is 21.1 Å². The van der Waals surface area contributed by atoms with Gasteiger partial charge in [-0.05, 0) is 61.2 Å². The summed E-state index contributed by atoms with van der Waals surface area (Å²) < 4.78 is 1.02. The topological polar surface area (TPSA) is 83.7 Å². The number of carbonyl (C=O) groups excluding carboxylic acids is 3. The fourth-order valence-electron chi connectivity index (χ4n) is 3.58. The Morgan fingerprint density at radius 2 is 1.61 bits per heavy atom. The number of hydrogen-bond donors (Lipinski definition) is 1. The highest BCUT2D eigenvalue weighted by atomic mass is 35.5. The maximum atomic E-state index is 12.5. The normalized spacial score (nSPS) is 14.2. The number of nitrogens with two attached hydrogens (primary N) is 1. The van der Waals surface area contributed by atoms with Crippen LogP contribution < -0.4 is 5.73 Å². The van der Waals surface area contributed by atoms with E-state index in [-0.39, 0.29) is 24.3 Å². The van der Waals surface area contributed by atoms with E-state index in [4.69, 9.17) is 17.5 Å². The number of aryl methyl sites for hydroxylation is 2. The zero-order valence-corrected chi connectivity index (χ0v) is 16.8. The van der Waals surface area contributed by atoms with Gasteiger partial charge in [-0.15, -0.1) is 0 Å². The second-order valence-electron chi connectivity index (χ2n) is 7.10. The molecule has 0 fully saturated rings. The van der Waals surface area contributed by atoms with Crippen LogP contribution in [0.25, 0.3) is 0 Å². The van der Waals surface area contributed by atoms with Gasteiger partial charge in [-0.25, -0.2) is 0 Å². The summed E-state index contributed by atoms with van der Waals surface area (Å²) >= 11 is 5.75. The van der Waals surface area contributed by atoms with Crippen LogP contribution in [-0.4, -0.2) is 46.7 Å². The molecule has 3 rings (SSSR count). The smallest absolute Gasteiger partial charge is 0.267 e. The Morgan fingerprint density at radius 1 is 1.11 bits per heavy atom. The van der Waals surface area contributed by atoms with E-state index >= 15 is 0 Å². The summed E-state index contributed by atoms with van der Waals surface area (Å²) in [7, 11) is 1.49. The number of nitrogens with zero attached hydrogens (tertiary/aromatic N) is 2. The molecule has 2 N–H and O–H groups in total. The number of amides is 3. The highest BCUT2D eigenvalue weighted by molar-refractivity contribution is 6.23. The maximum absolute atomic E-state index is 12.5. The monoisotopic (exact) mass is 399 g/mol. The third-order valence-corrected chi connectivity index (χ3v) is 5.14. The van der Waals surface area contributed by atoms with Gasteiger partial charge in [0.25, 0.3) is 17.7 Å². The van der Waals surface area contributed by atoms with Crippen molar-refractivity contribution in [2.45, 2.75) is 26.3 Å². The molecule has 0 aliphatic carbocycles. The first-order chi connectivity index (χ1) is 13.2. The van der Waals surface area contributed by atoms with Gasteiger partial charge < -0.3 is 5.73 Å². The van der Waals surface area contributed by atoms with Crippen molar-refractivity contribution in [1.29, 1.82) is 0 Å². The quantitative estimate of drug-likeness (QED) is 0.619. The molecular formula is C21H22ClN3O3. The van der Waals surface area contributed by atoms with E-state index in [1.165, 1.54) is 11.9 Å². The average Bonchev–Trinajstić information content (AvgIpc) is 2.89. The number of benzene rings is 2. The third kappa shape index (κ3) is 3.66. The van der Waals surface area contributed by atoms with Crippen LogP contribution in [0.5, 0.6) is 0 Å². The summed E-state index contributed by atoms with van der Waals surface area (Å²) in [6.07, 6.45) is 0.482. The molecule has 0 bridgehead atoms. The Bertz CT molecular complexity index is 913. The summed E-state index contributed by atoms with van der Waals surface area (Å²) in [5.74, 6) is -0.902. The van der Waals surface area contributed by atoms with Crippen LogP contribution in [0, 0.1) is 13.8 Å². The number of rotatable bonds is 5. The summed E-state index contributed by atoms with van der Waals surface area (Å²) in [6.45, 7) is 3.94. The first kappa shape index (κ1) is 20.0. The predicted molar refractivity (Wildman–Crippen MR) is 107 cm³/mol. The van der Waals surface area contributed by atoms with Gasteiger partial charge in [-0.3, -0.25) is 23.7 Å². The van der Waals surface area contributed by atoms with E-state index in [1.807, 2.05) is 13.8 Å². The lowest BCUT2D eigenvalue weighted by Gasteiger charge is -2.21. The van der Waals surface area contributed by atoms with Crippen molar-refractivity contribution >= 4 is 29.5 Å². The molecule has 0 aromatic heterocycles. The van der Waals surface area contributed by atoms with Gasteiger partial charge in [0.15, 0.2) is 0 Å². The molecule has 1 atom stereocenters. The van der Waals surface area contributed by atoms with Crippen LogP contribution in [0.2, 0.25) is 0 Å². The summed E-state index contributed by atoms with van der Waals surface area (Å²) in [6, 6.07) is 9.91. The first-order valence-corrected chi connectivity index (χ1v) is 9.29. The standard InChI is InChI=1S/C21H22ClN3O3/c1-12-8-14(19(26)24(3)22)9-13(2)18(12)10-15(23)11-25-20(27)16-6-4-5-7-17(16)21(25)28/h4-9,15H,10-11,23H2,1-3H3/t15-/m0/s1. The van der Waals surface area contributed by atoms with E-state index in [2.05, 4.69) is 0 Å². The zero-order chi connectivity index (χ0) is 20.6. The van der Waals surface area contributed by atoms with Gasteiger partial charge in [0, 0.05) is 37.0 Å². The number of carbonyl (C=O) groups is 3. The van der Waals surface area contributed by atoms with Crippen LogP contribution in [0.3, 0.4) is 0 Å². The molecule has 0 unspecified atom stereocenters. The molecule has 1 aliphatic heterocycles. The molecule has 146 valence electrons. The lowest BCUT2D eigenvalue weighted by Crippen LogP contribution is -2.42. The molecule has 0 radical (unpaired) electrons. The highest BCUT2D eigenvalue weighted by Crippen LogP contribution is 2.24. The van der Waals surface area contributed by atoms with Crippen LogP contribution in [0.4, 0.5) is 0 Å². The number of halogens is 1. The largest absolute Gasteiger partial charge is 0.326 e. The minimum atomic E-state index is -0.420. The van der Waals surface area contributed by atoms with Crippen LogP contribution >= 0.6 is 11.8 Å². The van der Waals surface area contributed by atoms with Gasteiger partial charge in [-0.1, -0.05) is 12.1 Å². The van der Waals surface area contributed by atoms with Crippen molar-refractivity contribution in [3.63, 3.8) is 0 Å². The van der Waals surface area contributed by atoms with Crippen molar-refractivity contribution < 1.29 is 14.4 Å². The van der Waals surface area contributed by atoms with Gasteiger partial charge >= 0.3 is 0 Å². The summed E-state index contributed by atoms with van der Waals surface area (Å²) in [5.41, 5.74) is 10.5. The Kier molecular flexibility index (Phi) is 5.54. The minimum absolute atomic E-state index is 0.135.